The Hall–Kier alpha value is -2.81. The van der Waals surface area contributed by atoms with Crippen LogP contribution in [0.5, 0.6) is 11.5 Å². The van der Waals surface area contributed by atoms with E-state index >= 15 is 0 Å². The Morgan fingerprint density at radius 1 is 1.28 bits per heavy atom. The molecule has 2 aromatic rings. The molecule has 0 aliphatic carbocycles. The van der Waals surface area contributed by atoms with Crippen molar-refractivity contribution in [3.05, 3.63) is 48.4 Å². The third kappa shape index (κ3) is 4.38. The van der Waals surface area contributed by atoms with Crippen LogP contribution in [-0.4, -0.2) is 17.1 Å². The van der Waals surface area contributed by atoms with Crippen molar-refractivity contribution in [2.75, 3.05) is 11.1 Å². The fourth-order valence-corrected chi connectivity index (χ4v) is 1.99. The number of nitrogens with two attached hydrogens (primary N) is 1. The molecule has 0 radical (unpaired) electrons. The predicted octanol–water partition coefficient (Wildman–Crippen LogP) is 4.31. The minimum Gasteiger partial charge on any atom is -0.453 e. The standard InChI is InChI=1S/C15H10ClF4N3O2/c1-7(16)12-11(4-5-22-13(12)21)25-10-3-2-8(6-9(10)17)23-14(24)15(18,19)20/h2-6H,1H2,(H2,21,22)(H,23,24). The van der Waals surface area contributed by atoms with Crippen molar-refractivity contribution in [1.82, 2.24) is 4.98 Å². The highest BCUT2D eigenvalue weighted by Gasteiger charge is 2.38. The number of carbonyl (C=O) groups excluding carboxylic acids is 1. The third-order valence-corrected chi connectivity index (χ3v) is 3.07. The van der Waals surface area contributed by atoms with Crippen LogP contribution in [0.15, 0.2) is 37.0 Å². The van der Waals surface area contributed by atoms with Crippen molar-refractivity contribution < 1.29 is 27.1 Å². The number of halogens is 5. The fraction of sp³-hybridized carbons (Fsp3) is 0.0667. The summed E-state index contributed by atoms with van der Waals surface area (Å²) in [6, 6.07) is 4.12. The average Bonchev–Trinajstić information content (AvgIpc) is 2.48. The minimum absolute atomic E-state index is 0.00645. The van der Waals surface area contributed by atoms with E-state index < -0.39 is 17.9 Å². The molecule has 1 amide bonds. The molecule has 0 spiro atoms. The Bertz CT molecular complexity index is 840. The highest BCUT2D eigenvalue weighted by atomic mass is 35.5. The van der Waals surface area contributed by atoms with Crippen molar-refractivity contribution >= 4 is 34.0 Å². The summed E-state index contributed by atoms with van der Waals surface area (Å²) in [6.07, 6.45) is -3.79. The second-order valence-corrected chi connectivity index (χ2v) is 5.13. The number of nitrogen functional groups attached to an aromatic ring is 1. The van der Waals surface area contributed by atoms with E-state index in [2.05, 4.69) is 11.6 Å². The second-order valence-electron chi connectivity index (χ2n) is 4.67. The molecule has 0 aliphatic heterocycles. The second kappa shape index (κ2) is 6.98. The zero-order chi connectivity index (χ0) is 18.8. The Balaban J connectivity index is 2.27. The quantitative estimate of drug-likeness (QED) is 0.781. The molecule has 5 nitrogen and oxygen atoms in total. The lowest BCUT2D eigenvalue weighted by molar-refractivity contribution is -0.167. The van der Waals surface area contributed by atoms with Gasteiger partial charge in [0.05, 0.1) is 5.56 Å². The first kappa shape index (κ1) is 18.5. The van der Waals surface area contributed by atoms with Gasteiger partial charge in [-0.3, -0.25) is 4.79 Å². The maximum Gasteiger partial charge on any atom is 0.471 e. The molecule has 0 saturated carbocycles. The van der Waals surface area contributed by atoms with Crippen LogP contribution in [0.2, 0.25) is 0 Å². The van der Waals surface area contributed by atoms with E-state index in [0.29, 0.717) is 6.07 Å². The maximum absolute atomic E-state index is 14.1. The largest absolute Gasteiger partial charge is 0.471 e. The van der Waals surface area contributed by atoms with E-state index in [1.165, 1.54) is 17.6 Å². The lowest BCUT2D eigenvalue weighted by Gasteiger charge is -2.13. The number of carbonyl (C=O) groups is 1. The van der Waals surface area contributed by atoms with Crippen molar-refractivity contribution in [2.45, 2.75) is 6.18 Å². The molecule has 3 N–H and O–H groups in total. The molecule has 0 aliphatic rings. The fourth-order valence-electron chi connectivity index (χ4n) is 1.80. The summed E-state index contributed by atoms with van der Waals surface area (Å²) < 4.78 is 56.0. The number of rotatable bonds is 4. The molecule has 10 heteroatoms. The summed E-state index contributed by atoms with van der Waals surface area (Å²) in [5.74, 6) is -3.50. The molecule has 0 fully saturated rings. The van der Waals surface area contributed by atoms with E-state index in [0.717, 1.165) is 12.1 Å². The number of anilines is 2. The molecule has 1 aromatic carbocycles. The lowest BCUT2D eigenvalue weighted by atomic mass is 10.2. The Morgan fingerprint density at radius 2 is 1.96 bits per heavy atom. The number of nitrogens with zero attached hydrogens (tertiary/aromatic N) is 1. The van der Waals surface area contributed by atoms with Crippen LogP contribution in [0.25, 0.3) is 5.03 Å². The van der Waals surface area contributed by atoms with E-state index in [9.17, 15) is 22.4 Å². The molecule has 132 valence electrons. The zero-order valence-electron chi connectivity index (χ0n) is 12.3. The van der Waals surface area contributed by atoms with Gasteiger partial charge in [0.15, 0.2) is 11.6 Å². The molecular formula is C15H10ClF4N3O2. The number of amides is 1. The van der Waals surface area contributed by atoms with Crippen LogP contribution in [0.1, 0.15) is 5.56 Å². The zero-order valence-corrected chi connectivity index (χ0v) is 13.1. The monoisotopic (exact) mass is 375 g/mol. The summed E-state index contributed by atoms with van der Waals surface area (Å²) in [6.45, 7) is 3.50. The van der Waals surface area contributed by atoms with Gasteiger partial charge in [0.25, 0.3) is 0 Å². The molecular weight excluding hydrogens is 366 g/mol. The summed E-state index contributed by atoms with van der Waals surface area (Å²) in [4.78, 5) is 14.6. The first-order valence-electron chi connectivity index (χ1n) is 6.54. The molecule has 0 saturated heterocycles. The predicted molar refractivity (Wildman–Crippen MR) is 84.7 cm³/mol. The van der Waals surface area contributed by atoms with E-state index in [-0.39, 0.29) is 33.6 Å². The van der Waals surface area contributed by atoms with Gasteiger partial charge in [-0.05, 0) is 18.2 Å². The van der Waals surface area contributed by atoms with Gasteiger partial charge in [-0.2, -0.15) is 13.2 Å². The first-order chi connectivity index (χ1) is 11.6. The highest BCUT2D eigenvalue weighted by molar-refractivity contribution is 6.49. The Morgan fingerprint density at radius 3 is 2.52 bits per heavy atom. The van der Waals surface area contributed by atoms with Crippen LogP contribution in [0.3, 0.4) is 0 Å². The van der Waals surface area contributed by atoms with Crippen molar-refractivity contribution in [3.63, 3.8) is 0 Å². The Kier molecular flexibility index (Phi) is 5.17. The van der Waals surface area contributed by atoms with Crippen molar-refractivity contribution in [3.8, 4) is 11.5 Å². The molecule has 1 heterocycles. The van der Waals surface area contributed by atoms with Crippen LogP contribution in [-0.2, 0) is 4.79 Å². The third-order valence-electron chi connectivity index (χ3n) is 2.88. The lowest BCUT2D eigenvalue weighted by Crippen LogP contribution is -2.29. The number of ether oxygens (including phenoxy) is 1. The van der Waals surface area contributed by atoms with Gasteiger partial charge in [-0.25, -0.2) is 9.37 Å². The highest BCUT2D eigenvalue weighted by Crippen LogP contribution is 2.35. The average molecular weight is 376 g/mol. The summed E-state index contributed by atoms with van der Waals surface area (Å²) >= 11 is 5.80. The normalized spacial score (nSPS) is 11.1. The summed E-state index contributed by atoms with van der Waals surface area (Å²) in [7, 11) is 0. The number of benzene rings is 1. The number of pyridine rings is 1. The molecule has 25 heavy (non-hydrogen) atoms. The van der Waals surface area contributed by atoms with Gasteiger partial charge in [-0.1, -0.05) is 18.2 Å². The molecule has 0 bridgehead atoms. The van der Waals surface area contributed by atoms with Gasteiger partial charge < -0.3 is 15.8 Å². The number of hydrogen-bond donors (Lipinski definition) is 2. The van der Waals surface area contributed by atoms with Crippen LogP contribution < -0.4 is 15.8 Å². The van der Waals surface area contributed by atoms with Crippen LogP contribution in [0.4, 0.5) is 29.1 Å². The van der Waals surface area contributed by atoms with Gasteiger partial charge in [-0.15, -0.1) is 0 Å². The van der Waals surface area contributed by atoms with Crippen molar-refractivity contribution in [1.29, 1.82) is 0 Å². The maximum atomic E-state index is 14.1. The van der Waals surface area contributed by atoms with Gasteiger partial charge in [0.2, 0.25) is 0 Å². The molecule has 1 aromatic heterocycles. The van der Waals surface area contributed by atoms with Gasteiger partial charge in [0, 0.05) is 23.0 Å². The minimum atomic E-state index is -5.09. The van der Waals surface area contributed by atoms with E-state index in [4.69, 9.17) is 22.1 Å². The number of aromatic nitrogens is 1. The summed E-state index contributed by atoms with van der Waals surface area (Å²) in [5, 5.41) is 1.54. The topological polar surface area (TPSA) is 77.2 Å². The molecule has 2 rings (SSSR count). The SMILES string of the molecule is C=C(Cl)c1c(Oc2ccc(NC(=O)C(F)(F)F)cc2F)ccnc1N. The van der Waals surface area contributed by atoms with Gasteiger partial charge in [0.1, 0.15) is 11.6 Å². The first-order valence-corrected chi connectivity index (χ1v) is 6.92. The van der Waals surface area contributed by atoms with Crippen LogP contribution >= 0.6 is 11.6 Å². The van der Waals surface area contributed by atoms with Crippen molar-refractivity contribution in [2.24, 2.45) is 0 Å². The van der Waals surface area contributed by atoms with E-state index in [1.807, 2.05) is 0 Å². The van der Waals surface area contributed by atoms with Gasteiger partial charge >= 0.3 is 12.1 Å². The number of nitrogens with one attached hydrogen (secondary N) is 1. The summed E-state index contributed by atoms with van der Waals surface area (Å²) in [5.41, 5.74) is 5.41. The van der Waals surface area contributed by atoms with E-state index in [1.54, 1.807) is 0 Å². The number of alkyl halides is 3. The molecule has 0 unspecified atom stereocenters. The number of hydrogen-bond acceptors (Lipinski definition) is 4. The smallest absolute Gasteiger partial charge is 0.453 e. The molecule has 0 atom stereocenters. The van der Waals surface area contributed by atoms with Crippen LogP contribution in [0, 0.1) is 5.82 Å². The Labute approximate surface area is 144 Å².